The average molecular weight is 616 g/mol. The summed E-state index contributed by atoms with van der Waals surface area (Å²) in [5, 5.41) is 12.7. The third kappa shape index (κ3) is 4.16. The highest BCUT2D eigenvalue weighted by molar-refractivity contribution is 7.27. The van der Waals surface area contributed by atoms with E-state index in [1.165, 1.54) is 63.3 Å². The van der Waals surface area contributed by atoms with Gasteiger partial charge < -0.3 is 0 Å². The van der Waals surface area contributed by atoms with Crippen molar-refractivity contribution in [1.82, 2.24) is 15.0 Å². The van der Waals surface area contributed by atoms with E-state index in [1.807, 2.05) is 72.0 Å². The second-order valence-electron chi connectivity index (χ2n) is 12.0. The Labute approximate surface area is 274 Å². The Bertz CT molecular complexity index is 2780. The molecule has 0 saturated carbocycles. The number of hydrogen-bond acceptors (Lipinski definition) is 4. The fourth-order valence-corrected chi connectivity index (χ4v) is 8.33. The number of thiophene rings is 1. The van der Waals surface area contributed by atoms with Crippen LogP contribution in [-0.2, 0) is 0 Å². The Morgan fingerprint density at radius 2 is 0.851 bits per heavy atom. The van der Waals surface area contributed by atoms with Gasteiger partial charge in [0.1, 0.15) is 0 Å². The van der Waals surface area contributed by atoms with Crippen molar-refractivity contribution >= 4 is 74.6 Å². The highest BCUT2D eigenvalue weighted by Crippen LogP contribution is 2.45. The van der Waals surface area contributed by atoms with Crippen LogP contribution in [0.2, 0.25) is 0 Å². The molecule has 0 aliphatic heterocycles. The quantitative estimate of drug-likeness (QED) is 0.186. The van der Waals surface area contributed by atoms with E-state index >= 15 is 0 Å². The van der Waals surface area contributed by atoms with Crippen LogP contribution >= 0.6 is 11.3 Å². The predicted octanol–water partition coefficient (Wildman–Crippen LogP) is 11.9. The van der Waals surface area contributed by atoms with Crippen LogP contribution in [-0.4, -0.2) is 15.0 Å². The van der Waals surface area contributed by atoms with Gasteiger partial charge in [-0.15, -0.1) is 11.3 Å². The van der Waals surface area contributed by atoms with Gasteiger partial charge in [0, 0.05) is 42.2 Å². The Morgan fingerprint density at radius 1 is 0.340 bits per heavy atom. The van der Waals surface area contributed by atoms with Gasteiger partial charge in [0.25, 0.3) is 0 Å². The number of benzene rings is 8. The Kier molecular flexibility index (Phi) is 5.74. The van der Waals surface area contributed by atoms with E-state index in [2.05, 4.69) is 91.0 Å². The van der Waals surface area contributed by atoms with Gasteiger partial charge in [-0.1, -0.05) is 133 Å². The van der Waals surface area contributed by atoms with Crippen molar-refractivity contribution in [2.24, 2.45) is 0 Å². The van der Waals surface area contributed by atoms with Crippen LogP contribution in [0, 0.1) is 0 Å². The molecule has 8 aromatic carbocycles. The standard InChI is InChI=1S/C43H25N3S/c1-3-11-26(12-4-1)41-44-42(27-13-5-2-6-14-27)46-43(45-41)30-19-20-34-36(24-30)32-18-10-9-17-31(32)33-21-22-35-37-23-28-15-7-8-16-29(28)25-38(37)47-40(35)39(33)34/h1-25H. The molecule has 0 unspecified atom stereocenters. The van der Waals surface area contributed by atoms with Crippen molar-refractivity contribution in [2.75, 3.05) is 0 Å². The van der Waals surface area contributed by atoms with E-state index in [1.54, 1.807) is 0 Å². The molecule has 0 aliphatic rings. The lowest BCUT2D eigenvalue weighted by atomic mass is 9.92. The monoisotopic (exact) mass is 615 g/mol. The van der Waals surface area contributed by atoms with Crippen molar-refractivity contribution in [3.63, 3.8) is 0 Å². The molecule has 0 atom stereocenters. The molecule has 0 fully saturated rings. The van der Waals surface area contributed by atoms with Crippen molar-refractivity contribution < 1.29 is 0 Å². The van der Waals surface area contributed by atoms with Crippen LogP contribution in [0.3, 0.4) is 0 Å². The molecule has 0 aliphatic carbocycles. The van der Waals surface area contributed by atoms with Crippen LogP contribution in [0.1, 0.15) is 0 Å². The highest BCUT2D eigenvalue weighted by atomic mass is 32.1. The Morgan fingerprint density at radius 3 is 1.53 bits per heavy atom. The summed E-state index contributed by atoms with van der Waals surface area (Å²) < 4.78 is 2.64. The zero-order valence-corrected chi connectivity index (χ0v) is 26.0. The molecule has 10 aromatic rings. The summed E-state index contributed by atoms with van der Waals surface area (Å²) >= 11 is 1.90. The van der Waals surface area contributed by atoms with Crippen molar-refractivity contribution in [2.45, 2.75) is 0 Å². The lowest BCUT2D eigenvalue weighted by molar-refractivity contribution is 1.07. The topological polar surface area (TPSA) is 38.7 Å². The number of nitrogens with zero attached hydrogens (tertiary/aromatic N) is 3. The molecule has 0 radical (unpaired) electrons. The normalized spacial score (nSPS) is 11.8. The molecule has 0 amide bonds. The second kappa shape index (κ2) is 10.3. The molecule has 3 nitrogen and oxygen atoms in total. The zero-order chi connectivity index (χ0) is 30.9. The lowest BCUT2D eigenvalue weighted by Crippen LogP contribution is -2.00. The van der Waals surface area contributed by atoms with E-state index in [9.17, 15) is 0 Å². The minimum Gasteiger partial charge on any atom is -0.208 e. The maximum Gasteiger partial charge on any atom is 0.164 e. The SMILES string of the molecule is c1ccc(-c2nc(-c3ccccc3)nc(-c3ccc4c(c3)c3ccccc3c3ccc5c6cc7ccccc7cc6sc5c34)n2)cc1. The van der Waals surface area contributed by atoms with Crippen LogP contribution < -0.4 is 0 Å². The molecule has 10 rings (SSSR count). The molecule has 2 aromatic heterocycles. The second-order valence-corrected chi connectivity index (χ2v) is 13.1. The molecule has 0 spiro atoms. The first-order valence-corrected chi connectivity index (χ1v) is 16.6. The Hall–Kier alpha value is -5.97. The molecule has 2 heterocycles. The molecular weight excluding hydrogens is 591 g/mol. The summed E-state index contributed by atoms with van der Waals surface area (Å²) in [7, 11) is 0. The zero-order valence-electron chi connectivity index (χ0n) is 25.2. The van der Waals surface area contributed by atoms with Crippen LogP contribution in [0.25, 0.3) is 97.4 Å². The van der Waals surface area contributed by atoms with Gasteiger partial charge in [-0.3, -0.25) is 0 Å². The number of fused-ring (bicyclic) bond motifs is 11. The average Bonchev–Trinajstić information content (AvgIpc) is 3.51. The first-order chi connectivity index (χ1) is 23.3. The molecule has 0 saturated heterocycles. The van der Waals surface area contributed by atoms with Gasteiger partial charge in [0.05, 0.1) is 0 Å². The van der Waals surface area contributed by atoms with E-state index in [4.69, 9.17) is 15.0 Å². The maximum absolute atomic E-state index is 5.03. The van der Waals surface area contributed by atoms with Crippen molar-refractivity contribution in [3.05, 3.63) is 152 Å². The first-order valence-electron chi connectivity index (χ1n) is 15.8. The van der Waals surface area contributed by atoms with E-state index in [0.717, 1.165) is 16.7 Å². The highest BCUT2D eigenvalue weighted by Gasteiger charge is 2.17. The smallest absolute Gasteiger partial charge is 0.164 e. The minimum absolute atomic E-state index is 0.663. The molecule has 0 bridgehead atoms. The van der Waals surface area contributed by atoms with Gasteiger partial charge in [0.15, 0.2) is 17.5 Å². The third-order valence-corrected chi connectivity index (χ3v) is 10.4. The van der Waals surface area contributed by atoms with Gasteiger partial charge in [-0.05, 0) is 55.9 Å². The Balaban J connectivity index is 1.27. The van der Waals surface area contributed by atoms with Gasteiger partial charge in [-0.2, -0.15) is 0 Å². The van der Waals surface area contributed by atoms with Crippen LogP contribution in [0.15, 0.2) is 152 Å². The predicted molar refractivity (Wildman–Crippen MR) is 199 cm³/mol. The molecular formula is C43H25N3S. The van der Waals surface area contributed by atoms with Gasteiger partial charge >= 0.3 is 0 Å². The number of aromatic nitrogens is 3. The fourth-order valence-electron chi connectivity index (χ4n) is 7.03. The van der Waals surface area contributed by atoms with Crippen LogP contribution in [0.5, 0.6) is 0 Å². The van der Waals surface area contributed by atoms with Gasteiger partial charge in [0.2, 0.25) is 0 Å². The molecule has 4 heteroatoms. The summed E-state index contributed by atoms with van der Waals surface area (Å²) in [5.74, 6) is 1.99. The van der Waals surface area contributed by atoms with E-state index in [-0.39, 0.29) is 0 Å². The van der Waals surface area contributed by atoms with Crippen molar-refractivity contribution in [3.8, 4) is 34.2 Å². The van der Waals surface area contributed by atoms with E-state index < -0.39 is 0 Å². The summed E-state index contributed by atoms with van der Waals surface area (Å²) in [5.41, 5.74) is 2.89. The molecule has 0 N–H and O–H groups in total. The number of rotatable bonds is 3. The molecule has 47 heavy (non-hydrogen) atoms. The summed E-state index contributed by atoms with van der Waals surface area (Å²) in [6.45, 7) is 0. The summed E-state index contributed by atoms with van der Waals surface area (Å²) in [6.07, 6.45) is 0. The fraction of sp³-hybridized carbons (Fsp3) is 0. The number of hydrogen-bond donors (Lipinski definition) is 0. The van der Waals surface area contributed by atoms with Crippen LogP contribution in [0.4, 0.5) is 0 Å². The largest absolute Gasteiger partial charge is 0.208 e. The van der Waals surface area contributed by atoms with E-state index in [0.29, 0.717) is 17.5 Å². The maximum atomic E-state index is 5.03. The molecule has 218 valence electrons. The van der Waals surface area contributed by atoms with Gasteiger partial charge in [-0.25, -0.2) is 15.0 Å². The van der Waals surface area contributed by atoms with Crippen molar-refractivity contribution in [1.29, 1.82) is 0 Å². The lowest BCUT2D eigenvalue weighted by Gasteiger charge is -2.13. The minimum atomic E-state index is 0.663. The summed E-state index contributed by atoms with van der Waals surface area (Å²) in [6, 6.07) is 53.8. The third-order valence-electron chi connectivity index (χ3n) is 9.26. The first kappa shape index (κ1) is 26.3. The summed E-state index contributed by atoms with van der Waals surface area (Å²) in [4.78, 5) is 15.0.